The Morgan fingerprint density at radius 1 is 1.11 bits per heavy atom. The number of benzene rings is 2. The number of ether oxygens (including phenoxy) is 1. The van der Waals surface area contributed by atoms with Gasteiger partial charge in [0.15, 0.2) is 15.9 Å². The van der Waals surface area contributed by atoms with Gasteiger partial charge in [-0.2, -0.15) is 0 Å². The number of anilines is 1. The molecule has 2 aromatic rings. The molecule has 28 heavy (non-hydrogen) atoms. The standard InChI is InChI=1S/C20H21NO5S2/c1-14(19(22)21-15-7-3-2-4-8-15)26-20(23)17-9-5-6-10-18(17)27-16-11-12-28(24,25)13-16/h2-10,14,16H,11-13H2,1H3,(H,21,22)/t14-,16+/m0/s1. The Hall–Kier alpha value is -2.32. The Labute approximate surface area is 168 Å². The summed E-state index contributed by atoms with van der Waals surface area (Å²) in [6.07, 6.45) is -0.413. The molecule has 8 heteroatoms. The molecule has 0 spiro atoms. The number of para-hydroxylation sites is 1. The van der Waals surface area contributed by atoms with Crippen LogP contribution in [0.25, 0.3) is 0 Å². The number of nitrogens with one attached hydrogen (secondary N) is 1. The smallest absolute Gasteiger partial charge is 0.340 e. The van der Waals surface area contributed by atoms with Gasteiger partial charge in [-0.3, -0.25) is 4.79 Å². The fourth-order valence-electron chi connectivity index (χ4n) is 2.81. The predicted octanol–water partition coefficient (Wildman–Crippen LogP) is 3.15. The second-order valence-corrected chi connectivity index (χ2v) is 10.1. The lowest BCUT2D eigenvalue weighted by atomic mass is 10.2. The molecule has 0 radical (unpaired) electrons. The molecular weight excluding hydrogens is 398 g/mol. The second kappa shape index (κ2) is 8.79. The summed E-state index contributed by atoms with van der Waals surface area (Å²) in [5.41, 5.74) is 0.949. The molecule has 3 rings (SSSR count). The average molecular weight is 420 g/mol. The van der Waals surface area contributed by atoms with E-state index in [-0.39, 0.29) is 16.8 Å². The molecule has 0 aliphatic carbocycles. The van der Waals surface area contributed by atoms with Gasteiger partial charge in [0.05, 0.1) is 17.1 Å². The Bertz CT molecular complexity index is 960. The molecule has 1 N–H and O–H groups in total. The molecule has 0 aromatic heterocycles. The van der Waals surface area contributed by atoms with Crippen molar-refractivity contribution in [2.24, 2.45) is 0 Å². The van der Waals surface area contributed by atoms with Crippen LogP contribution in [0.1, 0.15) is 23.7 Å². The van der Waals surface area contributed by atoms with E-state index in [1.54, 1.807) is 48.5 Å². The Morgan fingerprint density at radius 3 is 2.46 bits per heavy atom. The van der Waals surface area contributed by atoms with Crippen LogP contribution in [0.15, 0.2) is 59.5 Å². The number of hydrogen-bond donors (Lipinski definition) is 1. The molecule has 1 saturated heterocycles. The molecule has 0 unspecified atom stereocenters. The highest BCUT2D eigenvalue weighted by Crippen LogP contribution is 2.33. The molecule has 148 valence electrons. The minimum Gasteiger partial charge on any atom is -0.449 e. The summed E-state index contributed by atoms with van der Waals surface area (Å²) < 4.78 is 28.7. The van der Waals surface area contributed by atoms with Crippen LogP contribution in [0.3, 0.4) is 0 Å². The zero-order chi connectivity index (χ0) is 20.1. The van der Waals surface area contributed by atoms with E-state index in [4.69, 9.17) is 4.74 Å². The van der Waals surface area contributed by atoms with Crippen molar-refractivity contribution in [2.45, 2.75) is 29.6 Å². The van der Waals surface area contributed by atoms with Crippen molar-refractivity contribution in [3.8, 4) is 0 Å². The lowest BCUT2D eigenvalue weighted by Gasteiger charge is -2.16. The predicted molar refractivity (Wildman–Crippen MR) is 109 cm³/mol. The highest BCUT2D eigenvalue weighted by Gasteiger charge is 2.30. The third kappa shape index (κ3) is 5.36. The number of carbonyl (C=O) groups excluding carboxylic acids is 2. The molecule has 2 aromatic carbocycles. The van der Waals surface area contributed by atoms with Crippen LogP contribution in [0.2, 0.25) is 0 Å². The van der Waals surface area contributed by atoms with Gasteiger partial charge in [0.25, 0.3) is 5.91 Å². The second-order valence-electron chi connectivity index (χ2n) is 6.54. The number of hydrogen-bond acceptors (Lipinski definition) is 6. The lowest BCUT2D eigenvalue weighted by molar-refractivity contribution is -0.123. The van der Waals surface area contributed by atoms with Gasteiger partial charge in [-0.25, -0.2) is 13.2 Å². The third-order valence-electron chi connectivity index (χ3n) is 4.29. The van der Waals surface area contributed by atoms with Crippen molar-refractivity contribution in [3.05, 3.63) is 60.2 Å². The number of carbonyl (C=O) groups is 2. The lowest BCUT2D eigenvalue weighted by Crippen LogP contribution is -2.30. The first-order valence-corrected chi connectivity index (χ1v) is 11.6. The van der Waals surface area contributed by atoms with Gasteiger partial charge < -0.3 is 10.1 Å². The van der Waals surface area contributed by atoms with Crippen LogP contribution >= 0.6 is 11.8 Å². The summed E-state index contributed by atoms with van der Waals surface area (Å²) in [5, 5.41) is 2.61. The van der Waals surface area contributed by atoms with Gasteiger partial charge in [-0.1, -0.05) is 30.3 Å². The number of sulfone groups is 1. The van der Waals surface area contributed by atoms with Gasteiger partial charge in [0.1, 0.15) is 0 Å². The van der Waals surface area contributed by atoms with Crippen molar-refractivity contribution < 1.29 is 22.7 Å². The molecule has 1 heterocycles. The highest BCUT2D eigenvalue weighted by atomic mass is 32.2. The van der Waals surface area contributed by atoms with Crippen molar-refractivity contribution >= 4 is 39.2 Å². The molecule has 2 atom stereocenters. The first kappa shape index (κ1) is 20.4. The van der Waals surface area contributed by atoms with E-state index in [0.29, 0.717) is 22.6 Å². The normalized spacial score (nSPS) is 19.0. The Kier molecular flexibility index (Phi) is 6.41. The maximum absolute atomic E-state index is 12.6. The summed E-state index contributed by atoms with van der Waals surface area (Å²) in [6, 6.07) is 15.8. The van der Waals surface area contributed by atoms with Gasteiger partial charge >= 0.3 is 5.97 Å². The molecule has 6 nitrogen and oxygen atoms in total. The monoisotopic (exact) mass is 419 g/mol. The van der Waals surface area contributed by atoms with Crippen LogP contribution < -0.4 is 5.32 Å². The van der Waals surface area contributed by atoms with Gasteiger partial charge in [0.2, 0.25) is 0 Å². The molecule has 1 amide bonds. The summed E-state index contributed by atoms with van der Waals surface area (Å²) in [5.74, 6) is -0.753. The number of amides is 1. The van der Waals surface area contributed by atoms with E-state index in [0.717, 1.165) is 0 Å². The number of esters is 1. The van der Waals surface area contributed by atoms with Crippen LogP contribution in [0.4, 0.5) is 5.69 Å². The Balaban J connectivity index is 1.65. The van der Waals surface area contributed by atoms with E-state index in [1.807, 2.05) is 6.07 Å². The zero-order valence-electron chi connectivity index (χ0n) is 15.3. The minimum atomic E-state index is -3.00. The van der Waals surface area contributed by atoms with Crippen molar-refractivity contribution in [1.82, 2.24) is 0 Å². The van der Waals surface area contributed by atoms with Gasteiger partial charge in [-0.15, -0.1) is 11.8 Å². The fourth-order valence-corrected chi connectivity index (χ4v) is 6.43. The quantitative estimate of drug-likeness (QED) is 0.724. The van der Waals surface area contributed by atoms with E-state index >= 15 is 0 Å². The van der Waals surface area contributed by atoms with E-state index in [9.17, 15) is 18.0 Å². The maximum Gasteiger partial charge on any atom is 0.340 e. The SMILES string of the molecule is C[C@H](OC(=O)c1ccccc1S[C@@H]1CCS(=O)(=O)C1)C(=O)Nc1ccccc1. The number of rotatable bonds is 6. The molecule has 1 aliphatic rings. The van der Waals surface area contributed by atoms with E-state index in [1.165, 1.54) is 18.7 Å². The summed E-state index contributed by atoms with van der Waals surface area (Å²) >= 11 is 1.37. The molecule has 0 bridgehead atoms. The highest BCUT2D eigenvalue weighted by molar-refractivity contribution is 8.02. The van der Waals surface area contributed by atoms with Crippen LogP contribution in [0.5, 0.6) is 0 Å². The number of thioether (sulfide) groups is 1. The molecular formula is C20H21NO5S2. The van der Waals surface area contributed by atoms with E-state index in [2.05, 4.69) is 5.32 Å². The van der Waals surface area contributed by atoms with Crippen LogP contribution in [-0.2, 0) is 19.4 Å². The van der Waals surface area contributed by atoms with E-state index < -0.39 is 27.8 Å². The first-order valence-electron chi connectivity index (χ1n) is 8.87. The minimum absolute atomic E-state index is 0.0854. The largest absolute Gasteiger partial charge is 0.449 e. The van der Waals surface area contributed by atoms with Crippen LogP contribution in [-0.4, -0.2) is 43.2 Å². The van der Waals surface area contributed by atoms with Crippen molar-refractivity contribution in [3.63, 3.8) is 0 Å². The van der Waals surface area contributed by atoms with Gasteiger partial charge in [-0.05, 0) is 37.6 Å². The van der Waals surface area contributed by atoms with Gasteiger partial charge in [0, 0.05) is 15.8 Å². The fraction of sp³-hybridized carbons (Fsp3) is 0.300. The Morgan fingerprint density at radius 2 is 1.79 bits per heavy atom. The molecule has 1 aliphatic heterocycles. The summed E-state index contributed by atoms with van der Waals surface area (Å²) in [7, 11) is -3.00. The third-order valence-corrected chi connectivity index (χ3v) is 7.61. The first-order chi connectivity index (χ1) is 13.3. The average Bonchev–Trinajstić information content (AvgIpc) is 3.01. The topological polar surface area (TPSA) is 89.5 Å². The summed E-state index contributed by atoms with van der Waals surface area (Å²) in [4.78, 5) is 25.5. The molecule has 1 fully saturated rings. The summed E-state index contributed by atoms with van der Waals surface area (Å²) in [6.45, 7) is 1.51. The van der Waals surface area contributed by atoms with Crippen molar-refractivity contribution in [1.29, 1.82) is 0 Å². The maximum atomic E-state index is 12.6. The molecule has 0 saturated carbocycles. The zero-order valence-corrected chi connectivity index (χ0v) is 17.0. The van der Waals surface area contributed by atoms with Crippen LogP contribution in [0, 0.1) is 0 Å². The van der Waals surface area contributed by atoms with Crippen molar-refractivity contribution in [2.75, 3.05) is 16.8 Å².